The third kappa shape index (κ3) is 3.52. The van der Waals surface area contributed by atoms with Crippen molar-refractivity contribution < 1.29 is 4.79 Å². The number of hydrogen-bond acceptors (Lipinski definition) is 2. The first-order chi connectivity index (χ1) is 11.6. The van der Waals surface area contributed by atoms with Gasteiger partial charge in [-0.05, 0) is 53.8 Å². The molecule has 1 unspecified atom stereocenters. The maximum Gasteiger partial charge on any atom is 0.254 e. The van der Waals surface area contributed by atoms with Crippen molar-refractivity contribution in [3.8, 4) is 0 Å². The lowest BCUT2D eigenvalue weighted by Gasteiger charge is -2.25. The summed E-state index contributed by atoms with van der Waals surface area (Å²) in [6.45, 7) is 2.51. The van der Waals surface area contributed by atoms with Gasteiger partial charge in [-0.3, -0.25) is 4.79 Å². The number of likely N-dealkylation sites (tertiary alicyclic amines) is 1. The van der Waals surface area contributed by atoms with Gasteiger partial charge in [0.05, 0.1) is 16.1 Å². The molecule has 2 aromatic rings. The molecule has 6 heteroatoms. The Hall–Kier alpha value is -1.26. The van der Waals surface area contributed by atoms with Gasteiger partial charge in [0.15, 0.2) is 0 Å². The first-order valence-electron chi connectivity index (χ1n) is 8.22. The fourth-order valence-corrected chi connectivity index (χ4v) is 3.98. The molecule has 3 nitrogen and oxygen atoms in total. The van der Waals surface area contributed by atoms with Crippen molar-refractivity contribution in [2.45, 2.75) is 32.0 Å². The Bertz CT molecular complexity index is 809. The SMILES string of the molecule is Cl.O=C(c1ccc2c(c1)CNC2)N1CCCC1c1ccc(Cl)c(Cl)c1. The second kappa shape index (κ2) is 7.55. The van der Waals surface area contributed by atoms with Crippen LogP contribution >= 0.6 is 35.6 Å². The van der Waals surface area contributed by atoms with Crippen LogP contribution in [0.4, 0.5) is 0 Å². The van der Waals surface area contributed by atoms with Crippen molar-refractivity contribution in [1.29, 1.82) is 0 Å². The molecule has 1 atom stereocenters. The summed E-state index contributed by atoms with van der Waals surface area (Å²) < 4.78 is 0. The van der Waals surface area contributed by atoms with E-state index in [1.54, 1.807) is 6.07 Å². The molecule has 1 N–H and O–H groups in total. The molecule has 25 heavy (non-hydrogen) atoms. The van der Waals surface area contributed by atoms with Gasteiger partial charge in [0.1, 0.15) is 0 Å². The minimum Gasteiger partial charge on any atom is -0.332 e. The van der Waals surface area contributed by atoms with E-state index in [1.807, 2.05) is 29.2 Å². The summed E-state index contributed by atoms with van der Waals surface area (Å²) in [5.41, 5.74) is 4.34. The Kier molecular flexibility index (Phi) is 5.59. The predicted molar refractivity (Wildman–Crippen MR) is 104 cm³/mol. The van der Waals surface area contributed by atoms with E-state index in [-0.39, 0.29) is 24.4 Å². The van der Waals surface area contributed by atoms with Crippen LogP contribution in [0.2, 0.25) is 10.0 Å². The van der Waals surface area contributed by atoms with Gasteiger partial charge in [-0.1, -0.05) is 35.3 Å². The number of nitrogens with zero attached hydrogens (tertiary/aromatic N) is 1. The average molecular weight is 398 g/mol. The number of halogens is 3. The molecule has 0 bridgehead atoms. The Morgan fingerprint density at radius 3 is 2.64 bits per heavy atom. The highest BCUT2D eigenvalue weighted by molar-refractivity contribution is 6.42. The number of nitrogens with one attached hydrogen (secondary N) is 1. The number of benzene rings is 2. The highest BCUT2D eigenvalue weighted by Crippen LogP contribution is 2.36. The first-order valence-corrected chi connectivity index (χ1v) is 8.97. The lowest BCUT2D eigenvalue weighted by molar-refractivity contribution is 0.0735. The highest BCUT2D eigenvalue weighted by atomic mass is 35.5. The Balaban J connectivity index is 0.00000182. The van der Waals surface area contributed by atoms with Crippen molar-refractivity contribution in [3.05, 3.63) is 68.7 Å². The largest absolute Gasteiger partial charge is 0.332 e. The molecule has 2 aromatic carbocycles. The summed E-state index contributed by atoms with van der Waals surface area (Å²) in [6, 6.07) is 11.8. The molecule has 1 fully saturated rings. The molecule has 0 radical (unpaired) electrons. The van der Waals surface area contributed by atoms with Crippen molar-refractivity contribution >= 4 is 41.5 Å². The maximum absolute atomic E-state index is 13.0. The Morgan fingerprint density at radius 1 is 1.04 bits per heavy atom. The van der Waals surface area contributed by atoms with Gasteiger partial charge < -0.3 is 10.2 Å². The standard InChI is InChI=1S/C19H18Cl2N2O.ClH/c20-16-6-5-12(9-17(16)21)18-2-1-7-23(18)19(24)13-3-4-14-10-22-11-15(14)8-13;/h3-6,8-9,18,22H,1-2,7,10-11H2;1H. The summed E-state index contributed by atoms with van der Waals surface area (Å²) >= 11 is 12.2. The lowest BCUT2D eigenvalue weighted by Crippen LogP contribution is -2.30. The third-order valence-electron chi connectivity index (χ3n) is 4.93. The van der Waals surface area contributed by atoms with Gasteiger partial charge in [-0.25, -0.2) is 0 Å². The van der Waals surface area contributed by atoms with Gasteiger partial charge in [0, 0.05) is 25.2 Å². The van der Waals surface area contributed by atoms with Crippen LogP contribution in [0, 0.1) is 0 Å². The molecular weight excluding hydrogens is 379 g/mol. The second-order valence-corrected chi connectivity index (χ2v) is 7.23. The molecule has 2 aliphatic rings. The van der Waals surface area contributed by atoms with Gasteiger partial charge in [-0.15, -0.1) is 12.4 Å². The topological polar surface area (TPSA) is 32.3 Å². The minimum atomic E-state index is 0. The van der Waals surface area contributed by atoms with Crippen molar-refractivity contribution in [2.24, 2.45) is 0 Å². The third-order valence-corrected chi connectivity index (χ3v) is 5.67. The zero-order chi connectivity index (χ0) is 16.7. The molecule has 0 aliphatic carbocycles. The molecule has 4 rings (SSSR count). The Labute approximate surface area is 163 Å². The molecule has 0 spiro atoms. The minimum absolute atomic E-state index is 0. The highest BCUT2D eigenvalue weighted by Gasteiger charge is 2.31. The van der Waals surface area contributed by atoms with E-state index < -0.39 is 0 Å². The molecule has 0 aromatic heterocycles. The summed E-state index contributed by atoms with van der Waals surface area (Å²) in [6.07, 6.45) is 1.96. The Morgan fingerprint density at radius 2 is 1.84 bits per heavy atom. The van der Waals surface area contributed by atoms with E-state index in [0.717, 1.165) is 43.6 Å². The maximum atomic E-state index is 13.0. The van der Waals surface area contributed by atoms with E-state index in [9.17, 15) is 4.79 Å². The fourth-order valence-electron chi connectivity index (χ4n) is 3.67. The van der Waals surface area contributed by atoms with E-state index in [4.69, 9.17) is 23.2 Å². The van der Waals surface area contributed by atoms with Crippen molar-refractivity contribution in [3.63, 3.8) is 0 Å². The fraction of sp³-hybridized carbons (Fsp3) is 0.316. The van der Waals surface area contributed by atoms with Crippen LogP contribution in [0.3, 0.4) is 0 Å². The molecule has 0 saturated carbocycles. The number of fused-ring (bicyclic) bond motifs is 1. The first kappa shape index (κ1) is 18.5. The van der Waals surface area contributed by atoms with E-state index in [1.165, 1.54) is 11.1 Å². The van der Waals surface area contributed by atoms with E-state index in [0.29, 0.717) is 10.0 Å². The van der Waals surface area contributed by atoms with Gasteiger partial charge in [0.2, 0.25) is 0 Å². The molecular formula is C19H19Cl3N2O. The second-order valence-electron chi connectivity index (χ2n) is 6.42. The van der Waals surface area contributed by atoms with Crippen LogP contribution in [0.25, 0.3) is 0 Å². The molecule has 2 heterocycles. The van der Waals surface area contributed by atoms with Crippen LogP contribution in [0.15, 0.2) is 36.4 Å². The van der Waals surface area contributed by atoms with Crippen LogP contribution in [0.5, 0.6) is 0 Å². The van der Waals surface area contributed by atoms with E-state index in [2.05, 4.69) is 11.4 Å². The van der Waals surface area contributed by atoms with Crippen molar-refractivity contribution in [1.82, 2.24) is 10.2 Å². The number of carbonyl (C=O) groups excluding carboxylic acids is 1. The molecule has 1 amide bonds. The summed E-state index contributed by atoms with van der Waals surface area (Å²) in [4.78, 5) is 15.0. The monoisotopic (exact) mass is 396 g/mol. The lowest BCUT2D eigenvalue weighted by atomic mass is 10.0. The summed E-state index contributed by atoms with van der Waals surface area (Å²) in [5, 5.41) is 4.40. The quantitative estimate of drug-likeness (QED) is 0.774. The van der Waals surface area contributed by atoms with Crippen LogP contribution in [-0.4, -0.2) is 17.4 Å². The van der Waals surface area contributed by atoms with Crippen LogP contribution < -0.4 is 5.32 Å². The molecule has 2 aliphatic heterocycles. The zero-order valence-corrected chi connectivity index (χ0v) is 15.9. The number of amides is 1. The van der Waals surface area contributed by atoms with Crippen LogP contribution in [-0.2, 0) is 13.1 Å². The summed E-state index contributed by atoms with van der Waals surface area (Å²) in [7, 11) is 0. The average Bonchev–Trinajstić information content (AvgIpc) is 3.24. The number of hydrogen-bond donors (Lipinski definition) is 1. The summed E-state index contributed by atoms with van der Waals surface area (Å²) in [5.74, 6) is 0.0956. The molecule has 132 valence electrons. The van der Waals surface area contributed by atoms with Gasteiger partial charge in [0.25, 0.3) is 5.91 Å². The van der Waals surface area contributed by atoms with Gasteiger partial charge in [-0.2, -0.15) is 0 Å². The predicted octanol–water partition coefficient (Wildman–Crippen LogP) is 5.00. The number of rotatable bonds is 2. The van der Waals surface area contributed by atoms with Crippen molar-refractivity contribution in [2.75, 3.05) is 6.54 Å². The van der Waals surface area contributed by atoms with Gasteiger partial charge >= 0.3 is 0 Å². The van der Waals surface area contributed by atoms with E-state index >= 15 is 0 Å². The number of carbonyl (C=O) groups is 1. The molecule has 1 saturated heterocycles. The normalized spacial score (nSPS) is 18.8. The van der Waals surface area contributed by atoms with Crippen LogP contribution in [0.1, 0.15) is 45.9 Å². The smallest absolute Gasteiger partial charge is 0.254 e. The zero-order valence-electron chi connectivity index (χ0n) is 13.6.